The molecule has 0 aliphatic carbocycles. The van der Waals surface area contributed by atoms with Gasteiger partial charge in [0.25, 0.3) is 0 Å². The Balaban J connectivity index is 2.80. The summed E-state index contributed by atoms with van der Waals surface area (Å²) >= 11 is 1.21. The van der Waals surface area contributed by atoms with Gasteiger partial charge in [-0.3, -0.25) is 0 Å². The van der Waals surface area contributed by atoms with E-state index in [-0.39, 0.29) is 6.54 Å². The SMILES string of the molecule is N#CSCCCOCCN=O. The highest BCUT2D eigenvalue weighted by molar-refractivity contribution is 8.03. The molecule has 0 spiro atoms. The molecule has 0 aromatic rings. The first-order valence-electron chi connectivity index (χ1n) is 3.29. The number of nitriles is 1. The monoisotopic (exact) mass is 174 g/mol. The summed E-state index contributed by atoms with van der Waals surface area (Å²) in [6.45, 7) is 1.20. The molecule has 0 aromatic heterocycles. The summed E-state index contributed by atoms with van der Waals surface area (Å²) in [4.78, 5) is 9.56. The maximum absolute atomic E-state index is 9.56. The Morgan fingerprint density at radius 1 is 1.55 bits per heavy atom. The zero-order valence-electron chi connectivity index (χ0n) is 6.15. The zero-order chi connectivity index (χ0) is 8.36. The van der Waals surface area contributed by atoms with Crippen molar-refractivity contribution in [2.45, 2.75) is 6.42 Å². The molecule has 0 aliphatic rings. The molecule has 0 rings (SSSR count). The highest BCUT2D eigenvalue weighted by Crippen LogP contribution is 1.98. The molecule has 0 aliphatic heterocycles. The molecule has 0 bridgehead atoms. The molecular formula is C6H10N2O2S. The Morgan fingerprint density at radius 2 is 2.36 bits per heavy atom. The summed E-state index contributed by atoms with van der Waals surface area (Å²) in [7, 11) is 0. The maximum Gasteiger partial charge on any atom is 0.133 e. The number of nitroso groups, excluding NO2 is 1. The van der Waals surface area contributed by atoms with Crippen molar-refractivity contribution in [2.24, 2.45) is 5.18 Å². The molecule has 0 radical (unpaired) electrons. The molecule has 0 saturated heterocycles. The molecule has 0 aromatic carbocycles. The first-order valence-corrected chi connectivity index (χ1v) is 4.28. The second-order valence-corrected chi connectivity index (χ2v) is 2.64. The molecule has 0 fully saturated rings. The van der Waals surface area contributed by atoms with Crippen LogP contribution in [0.1, 0.15) is 6.42 Å². The largest absolute Gasteiger partial charge is 0.379 e. The number of rotatable bonds is 7. The van der Waals surface area contributed by atoms with Crippen LogP contribution in [0.3, 0.4) is 0 Å². The van der Waals surface area contributed by atoms with E-state index in [1.54, 1.807) is 0 Å². The second-order valence-electron chi connectivity index (χ2n) is 1.76. The molecule has 62 valence electrons. The Kier molecular flexibility index (Phi) is 8.89. The molecule has 0 N–H and O–H groups in total. The number of thioether (sulfide) groups is 1. The molecule has 11 heavy (non-hydrogen) atoms. The van der Waals surface area contributed by atoms with Gasteiger partial charge in [-0.15, -0.1) is 0 Å². The first kappa shape index (κ1) is 10.4. The summed E-state index contributed by atoms with van der Waals surface area (Å²) in [5.74, 6) is 0.783. The number of hydrogen-bond acceptors (Lipinski definition) is 5. The third-order valence-corrected chi connectivity index (χ3v) is 1.55. The third kappa shape index (κ3) is 9.40. The van der Waals surface area contributed by atoms with Crippen molar-refractivity contribution in [3.05, 3.63) is 4.91 Å². The fourth-order valence-corrected chi connectivity index (χ4v) is 0.836. The molecule has 0 amide bonds. The maximum atomic E-state index is 9.56. The fraction of sp³-hybridized carbons (Fsp3) is 0.833. The first-order chi connectivity index (χ1) is 5.41. The van der Waals surface area contributed by atoms with Gasteiger partial charge in [0.1, 0.15) is 11.9 Å². The standard InChI is InChI=1S/C6H10N2O2S/c7-6-11-5-1-3-10-4-2-8-9/h1-5H2. The van der Waals surface area contributed by atoms with Crippen molar-refractivity contribution in [1.29, 1.82) is 5.26 Å². The van der Waals surface area contributed by atoms with E-state index < -0.39 is 0 Å². The molecule has 0 atom stereocenters. The smallest absolute Gasteiger partial charge is 0.133 e. The summed E-state index contributed by atoms with van der Waals surface area (Å²) in [5.41, 5.74) is 0. The number of ether oxygens (including phenoxy) is 1. The predicted molar refractivity (Wildman–Crippen MR) is 44.2 cm³/mol. The second kappa shape index (κ2) is 9.40. The fourth-order valence-electron chi connectivity index (χ4n) is 0.483. The number of thiocyanates is 1. The highest BCUT2D eigenvalue weighted by Gasteiger charge is 1.89. The van der Waals surface area contributed by atoms with Gasteiger partial charge in [0.2, 0.25) is 0 Å². The zero-order valence-corrected chi connectivity index (χ0v) is 6.97. The van der Waals surface area contributed by atoms with E-state index in [1.807, 2.05) is 5.40 Å². The van der Waals surface area contributed by atoms with E-state index in [0.29, 0.717) is 13.2 Å². The minimum atomic E-state index is 0.214. The van der Waals surface area contributed by atoms with Crippen molar-refractivity contribution in [3.63, 3.8) is 0 Å². The molecular weight excluding hydrogens is 164 g/mol. The van der Waals surface area contributed by atoms with Crippen LogP contribution in [0.4, 0.5) is 0 Å². The Hall–Kier alpha value is -0.600. The Labute approximate surface area is 69.9 Å². The van der Waals surface area contributed by atoms with Crippen LogP contribution in [0.2, 0.25) is 0 Å². The third-order valence-electron chi connectivity index (χ3n) is 0.927. The van der Waals surface area contributed by atoms with Crippen LogP contribution in [0, 0.1) is 15.6 Å². The lowest BCUT2D eigenvalue weighted by atomic mass is 10.5. The summed E-state index contributed by atoms with van der Waals surface area (Å²) < 4.78 is 5.00. The van der Waals surface area contributed by atoms with Gasteiger partial charge >= 0.3 is 0 Å². The summed E-state index contributed by atoms with van der Waals surface area (Å²) in [5, 5.41) is 12.7. The van der Waals surface area contributed by atoms with E-state index in [2.05, 4.69) is 5.18 Å². The number of hydrogen-bond donors (Lipinski definition) is 0. The molecule has 0 unspecified atom stereocenters. The normalized spacial score (nSPS) is 9.00. The van der Waals surface area contributed by atoms with Crippen LogP contribution in [0.5, 0.6) is 0 Å². The minimum absolute atomic E-state index is 0.214. The van der Waals surface area contributed by atoms with E-state index in [1.165, 1.54) is 11.8 Å². The Bertz CT molecular complexity index is 135. The van der Waals surface area contributed by atoms with Crippen molar-refractivity contribution in [1.82, 2.24) is 0 Å². The molecule has 4 nitrogen and oxygen atoms in total. The van der Waals surface area contributed by atoms with Crippen molar-refractivity contribution >= 4 is 11.8 Å². The molecule has 0 heterocycles. The van der Waals surface area contributed by atoms with Gasteiger partial charge in [-0.2, -0.15) is 10.2 Å². The van der Waals surface area contributed by atoms with E-state index in [9.17, 15) is 4.91 Å². The van der Waals surface area contributed by atoms with Gasteiger partial charge in [0.15, 0.2) is 0 Å². The van der Waals surface area contributed by atoms with E-state index in [4.69, 9.17) is 10.00 Å². The minimum Gasteiger partial charge on any atom is -0.379 e. The van der Waals surface area contributed by atoms with Crippen LogP contribution in [0.15, 0.2) is 5.18 Å². The van der Waals surface area contributed by atoms with Crippen molar-refractivity contribution in [3.8, 4) is 5.40 Å². The predicted octanol–water partition coefficient (Wildman–Crippen LogP) is 1.37. The van der Waals surface area contributed by atoms with Gasteiger partial charge in [0, 0.05) is 12.4 Å². The van der Waals surface area contributed by atoms with E-state index >= 15 is 0 Å². The summed E-state index contributed by atoms with van der Waals surface area (Å²) in [6, 6.07) is 0. The van der Waals surface area contributed by atoms with Crippen LogP contribution in [-0.4, -0.2) is 25.5 Å². The lowest BCUT2D eigenvalue weighted by Gasteiger charge is -1.97. The van der Waals surface area contributed by atoms with Crippen LogP contribution >= 0.6 is 11.8 Å². The quantitative estimate of drug-likeness (QED) is 0.332. The van der Waals surface area contributed by atoms with Crippen molar-refractivity contribution in [2.75, 3.05) is 25.5 Å². The van der Waals surface area contributed by atoms with Crippen LogP contribution in [-0.2, 0) is 4.74 Å². The lowest BCUT2D eigenvalue weighted by molar-refractivity contribution is 0.143. The molecule has 0 saturated carbocycles. The highest BCUT2D eigenvalue weighted by atomic mass is 32.2. The van der Waals surface area contributed by atoms with Crippen LogP contribution < -0.4 is 0 Å². The molecule has 5 heteroatoms. The van der Waals surface area contributed by atoms with Gasteiger partial charge in [-0.25, -0.2) is 0 Å². The van der Waals surface area contributed by atoms with Gasteiger partial charge < -0.3 is 4.74 Å². The summed E-state index contributed by atoms with van der Waals surface area (Å²) in [6.07, 6.45) is 0.844. The van der Waals surface area contributed by atoms with Gasteiger partial charge in [0.05, 0.1) is 6.61 Å². The average molecular weight is 174 g/mol. The van der Waals surface area contributed by atoms with Gasteiger partial charge in [-0.05, 0) is 18.2 Å². The lowest BCUT2D eigenvalue weighted by Crippen LogP contribution is -2.00. The Morgan fingerprint density at radius 3 is 3.00 bits per heavy atom. The van der Waals surface area contributed by atoms with Crippen molar-refractivity contribution < 1.29 is 4.74 Å². The number of nitrogens with zero attached hydrogens (tertiary/aromatic N) is 2. The average Bonchev–Trinajstić information content (AvgIpc) is 2.03. The topological polar surface area (TPSA) is 62.4 Å². The van der Waals surface area contributed by atoms with E-state index in [0.717, 1.165) is 12.2 Å². The van der Waals surface area contributed by atoms with Gasteiger partial charge in [-0.1, -0.05) is 5.18 Å². The van der Waals surface area contributed by atoms with Crippen LogP contribution in [0.25, 0.3) is 0 Å².